The molecule has 1 saturated carbocycles. The molecule has 0 aromatic carbocycles. The molecule has 4 rings (SSSR count). The molecule has 6 nitrogen and oxygen atoms in total. The van der Waals surface area contributed by atoms with Crippen molar-refractivity contribution in [1.82, 2.24) is 19.4 Å². The zero-order chi connectivity index (χ0) is 16.8. The maximum atomic E-state index is 12.6. The van der Waals surface area contributed by atoms with Crippen LogP contribution < -0.4 is 0 Å². The van der Waals surface area contributed by atoms with Crippen LogP contribution in [0.15, 0.2) is 6.20 Å². The van der Waals surface area contributed by atoms with Crippen LogP contribution in [0, 0.1) is 11.8 Å². The van der Waals surface area contributed by atoms with Crippen LogP contribution in [0.25, 0.3) is 0 Å². The summed E-state index contributed by atoms with van der Waals surface area (Å²) in [4.78, 5) is 33.5. The predicted octanol–water partition coefficient (Wildman–Crippen LogP) is 1.61. The molecule has 2 fully saturated rings. The summed E-state index contributed by atoms with van der Waals surface area (Å²) in [6, 6.07) is -0.00492. The molecule has 2 amide bonds. The summed E-state index contributed by atoms with van der Waals surface area (Å²) in [5.74, 6) is 2.12. The van der Waals surface area contributed by atoms with Gasteiger partial charge in [-0.05, 0) is 32.1 Å². The predicted molar refractivity (Wildman–Crippen MR) is 89.1 cm³/mol. The Kier molecular flexibility index (Phi) is 3.85. The average molecular weight is 330 g/mol. The quantitative estimate of drug-likeness (QED) is 0.846. The van der Waals surface area contributed by atoms with Gasteiger partial charge >= 0.3 is 0 Å². The van der Waals surface area contributed by atoms with E-state index in [4.69, 9.17) is 4.98 Å². The lowest BCUT2D eigenvalue weighted by Gasteiger charge is -2.34. The third-order valence-electron chi connectivity index (χ3n) is 5.78. The summed E-state index contributed by atoms with van der Waals surface area (Å²) in [7, 11) is 0. The molecule has 1 saturated heterocycles. The van der Waals surface area contributed by atoms with Crippen molar-refractivity contribution in [1.29, 1.82) is 0 Å². The van der Waals surface area contributed by atoms with Crippen LogP contribution in [0.2, 0.25) is 0 Å². The fourth-order valence-corrected chi connectivity index (χ4v) is 4.05. The zero-order valence-electron chi connectivity index (χ0n) is 14.6. The molecular weight excluding hydrogens is 304 g/mol. The van der Waals surface area contributed by atoms with Crippen LogP contribution in [-0.2, 0) is 22.6 Å². The highest BCUT2D eigenvalue weighted by atomic mass is 16.2. The van der Waals surface area contributed by atoms with Crippen molar-refractivity contribution < 1.29 is 9.59 Å². The molecule has 0 bridgehead atoms. The molecule has 1 aliphatic carbocycles. The highest BCUT2D eigenvalue weighted by Crippen LogP contribution is 2.41. The van der Waals surface area contributed by atoms with Crippen LogP contribution in [0.5, 0.6) is 0 Å². The topological polar surface area (TPSA) is 58.4 Å². The molecule has 3 atom stereocenters. The molecule has 0 N–H and O–H groups in total. The van der Waals surface area contributed by atoms with Crippen molar-refractivity contribution in [3.8, 4) is 0 Å². The Bertz CT molecular complexity index is 662. The summed E-state index contributed by atoms with van der Waals surface area (Å²) >= 11 is 0. The Morgan fingerprint density at radius 2 is 1.88 bits per heavy atom. The maximum absolute atomic E-state index is 12.6. The highest BCUT2D eigenvalue weighted by molar-refractivity contribution is 5.82. The molecule has 3 aliphatic rings. The van der Waals surface area contributed by atoms with Crippen molar-refractivity contribution in [3.63, 3.8) is 0 Å². The van der Waals surface area contributed by atoms with Crippen LogP contribution in [0.4, 0.5) is 0 Å². The molecule has 1 aromatic rings. The third-order valence-corrected chi connectivity index (χ3v) is 5.78. The number of carbonyl (C=O) groups excluding carboxylic acids is 2. The lowest BCUT2D eigenvalue weighted by atomic mass is 10.1. The van der Waals surface area contributed by atoms with Gasteiger partial charge in [0, 0.05) is 38.3 Å². The van der Waals surface area contributed by atoms with Gasteiger partial charge in [-0.25, -0.2) is 4.98 Å². The minimum absolute atomic E-state index is 0.00492. The average Bonchev–Trinajstić information content (AvgIpc) is 2.96. The van der Waals surface area contributed by atoms with Crippen LogP contribution in [-0.4, -0.2) is 50.8 Å². The van der Waals surface area contributed by atoms with Crippen LogP contribution in [0.3, 0.4) is 0 Å². The first kappa shape index (κ1) is 15.7. The van der Waals surface area contributed by atoms with E-state index in [0.717, 1.165) is 57.0 Å². The van der Waals surface area contributed by atoms with E-state index >= 15 is 0 Å². The summed E-state index contributed by atoms with van der Waals surface area (Å²) in [5, 5.41) is 0. The van der Waals surface area contributed by atoms with Gasteiger partial charge in [0.25, 0.3) is 0 Å². The standard InChI is InChI=1S/C18H26N4O2/c1-12-9-15(12)18(24)22-8-7-21-11-14(19-17(21)13(22)2)10-16(23)20-5-3-4-6-20/h11-13,15H,3-10H2,1-2H3. The second-order valence-corrected chi connectivity index (χ2v) is 7.58. The maximum Gasteiger partial charge on any atom is 0.228 e. The Morgan fingerprint density at radius 3 is 2.54 bits per heavy atom. The van der Waals surface area contributed by atoms with Gasteiger partial charge < -0.3 is 14.4 Å². The lowest BCUT2D eigenvalue weighted by Crippen LogP contribution is -2.42. The first-order valence-electron chi connectivity index (χ1n) is 9.19. The fraction of sp³-hybridized carbons (Fsp3) is 0.722. The van der Waals surface area contributed by atoms with Gasteiger partial charge in [0.15, 0.2) is 0 Å². The van der Waals surface area contributed by atoms with Gasteiger partial charge in [0.2, 0.25) is 11.8 Å². The number of carbonyl (C=O) groups is 2. The molecule has 1 aromatic heterocycles. The van der Waals surface area contributed by atoms with Crippen LogP contribution in [0.1, 0.15) is 50.7 Å². The lowest BCUT2D eigenvalue weighted by molar-refractivity contribution is -0.136. The summed E-state index contributed by atoms with van der Waals surface area (Å²) < 4.78 is 2.12. The summed E-state index contributed by atoms with van der Waals surface area (Å²) in [6.45, 7) is 7.47. The molecular formula is C18H26N4O2. The number of hydrogen-bond donors (Lipinski definition) is 0. The van der Waals surface area contributed by atoms with Gasteiger partial charge in [-0.2, -0.15) is 0 Å². The number of imidazole rings is 1. The number of rotatable bonds is 3. The molecule has 3 unspecified atom stereocenters. The third kappa shape index (κ3) is 2.72. The highest BCUT2D eigenvalue weighted by Gasteiger charge is 2.44. The van der Waals surface area contributed by atoms with Crippen LogP contribution >= 0.6 is 0 Å². The van der Waals surface area contributed by atoms with Crippen molar-refractivity contribution in [2.75, 3.05) is 19.6 Å². The monoisotopic (exact) mass is 330 g/mol. The largest absolute Gasteiger partial charge is 0.342 e. The smallest absolute Gasteiger partial charge is 0.228 e. The number of hydrogen-bond acceptors (Lipinski definition) is 3. The first-order valence-corrected chi connectivity index (χ1v) is 9.19. The fourth-order valence-electron chi connectivity index (χ4n) is 4.05. The molecule has 2 aliphatic heterocycles. The van der Waals surface area contributed by atoms with Crippen molar-refractivity contribution in [2.45, 2.75) is 52.1 Å². The van der Waals surface area contributed by atoms with E-state index in [2.05, 4.69) is 18.4 Å². The number of aromatic nitrogens is 2. The van der Waals surface area contributed by atoms with Crippen molar-refractivity contribution >= 4 is 11.8 Å². The first-order chi connectivity index (χ1) is 11.5. The SMILES string of the molecule is CC1CC1C(=O)N1CCn2cc(CC(=O)N3CCCC3)nc2C1C. The van der Waals surface area contributed by atoms with Crippen molar-refractivity contribution in [2.24, 2.45) is 11.8 Å². The van der Waals surface area contributed by atoms with Gasteiger partial charge in [0.05, 0.1) is 18.2 Å². The minimum Gasteiger partial charge on any atom is -0.342 e. The van der Waals surface area contributed by atoms with E-state index in [-0.39, 0.29) is 23.8 Å². The molecule has 3 heterocycles. The minimum atomic E-state index is -0.00492. The molecule has 130 valence electrons. The van der Waals surface area contributed by atoms with E-state index in [1.807, 2.05) is 16.0 Å². The second kappa shape index (κ2) is 5.90. The van der Waals surface area contributed by atoms with E-state index in [9.17, 15) is 9.59 Å². The number of likely N-dealkylation sites (tertiary alicyclic amines) is 1. The number of amides is 2. The molecule has 24 heavy (non-hydrogen) atoms. The van der Waals surface area contributed by atoms with E-state index in [0.29, 0.717) is 12.3 Å². The molecule has 0 spiro atoms. The summed E-state index contributed by atoms with van der Waals surface area (Å²) in [6.07, 6.45) is 5.62. The Morgan fingerprint density at radius 1 is 1.17 bits per heavy atom. The Balaban J connectivity index is 1.46. The van der Waals surface area contributed by atoms with Gasteiger partial charge in [-0.1, -0.05) is 6.92 Å². The Hall–Kier alpha value is -1.85. The normalized spacial score (nSPS) is 28.8. The number of nitrogens with zero attached hydrogens (tertiary/aromatic N) is 4. The van der Waals surface area contributed by atoms with E-state index in [1.54, 1.807) is 0 Å². The molecule has 6 heteroatoms. The van der Waals surface area contributed by atoms with E-state index < -0.39 is 0 Å². The summed E-state index contributed by atoms with van der Waals surface area (Å²) in [5.41, 5.74) is 0.836. The van der Waals surface area contributed by atoms with Crippen molar-refractivity contribution in [3.05, 3.63) is 17.7 Å². The zero-order valence-corrected chi connectivity index (χ0v) is 14.6. The number of fused-ring (bicyclic) bond motifs is 1. The van der Waals surface area contributed by atoms with Gasteiger partial charge in [0.1, 0.15) is 5.82 Å². The molecule has 0 radical (unpaired) electrons. The Labute approximate surface area is 142 Å². The van der Waals surface area contributed by atoms with Gasteiger partial charge in [-0.3, -0.25) is 9.59 Å². The van der Waals surface area contributed by atoms with Gasteiger partial charge in [-0.15, -0.1) is 0 Å². The second-order valence-electron chi connectivity index (χ2n) is 7.58. The van der Waals surface area contributed by atoms with E-state index in [1.165, 1.54) is 0 Å².